The van der Waals surface area contributed by atoms with Crippen molar-refractivity contribution in [2.75, 3.05) is 39.2 Å². The molecule has 2 rings (SSSR count). The predicted octanol–water partition coefficient (Wildman–Crippen LogP) is -0.577. The topological polar surface area (TPSA) is 95.1 Å². The van der Waals surface area contributed by atoms with Crippen molar-refractivity contribution < 1.29 is 24.0 Å². The van der Waals surface area contributed by atoms with Gasteiger partial charge < -0.3 is 25.4 Å². The Balaban J connectivity index is 1.98. The zero-order chi connectivity index (χ0) is 16.8. The highest BCUT2D eigenvalue weighted by Crippen LogP contribution is 2.28. The van der Waals surface area contributed by atoms with Crippen LogP contribution in [-0.4, -0.2) is 45.7 Å². The first kappa shape index (κ1) is 17.1. The molecule has 126 valence electrons. The molecule has 1 aromatic rings. The number of ether oxygens (including phenoxy) is 2. The van der Waals surface area contributed by atoms with Crippen LogP contribution in [0.15, 0.2) is 18.2 Å². The van der Waals surface area contributed by atoms with Crippen molar-refractivity contribution in [3.05, 3.63) is 18.2 Å². The predicted molar refractivity (Wildman–Crippen MR) is 85.7 cm³/mol. The zero-order valence-corrected chi connectivity index (χ0v) is 13.6. The summed E-state index contributed by atoms with van der Waals surface area (Å²) in [4.78, 5) is 24.7. The van der Waals surface area contributed by atoms with E-state index in [9.17, 15) is 9.59 Å². The number of piperidine rings is 1. The first-order chi connectivity index (χ1) is 11.0. The van der Waals surface area contributed by atoms with Crippen molar-refractivity contribution in [3.63, 3.8) is 0 Å². The van der Waals surface area contributed by atoms with Gasteiger partial charge in [0.1, 0.15) is 11.5 Å². The Morgan fingerprint density at radius 3 is 2.78 bits per heavy atom. The molecule has 1 aliphatic rings. The lowest BCUT2D eigenvalue weighted by Crippen LogP contribution is -3.14. The van der Waals surface area contributed by atoms with E-state index in [0.29, 0.717) is 30.3 Å². The summed E-state index contributed by atoms with van der Waals surface area (Å²) in [6.07, 6.45) is 1.71. The molecule has 1 heterocycles. The fourth-order valence-corrected chi connectivity index (χ4v) is 2.89. The molecular formula is C16H24N3O4+. The van der Waals surface area contributed by atoms with Gasteiger partial charge in [0, 0.05) is 6.07 Å². The second kappa shape index (κ2) is 7.82. The summed E-state index contributed by atoms with van der Waals surface area (Å²) in [6, 6.07) is 5.22. The van der Waals surface area contributed by atoms with Gasteiger partial charge in [0.2, 0.25) is 5.91 Å². The minimum absolute atomic E-state index is 0.128. The highest BCUT2D eigenvalue weighted by molar-refractivity contribution is 5.93. The quantitative estimate of drug-likeness (QED) is 0.653. The van der Waals surface area contributed by atoms with E-state index < -0.39 is 0 Å². The molecule has 0 aliphatic carbocycles. The first-order valence-corrected chi connectivity index (χ1v) is 7.68. The average Bonchev–Trinajstić information content (AvgIpc) is 2.54. The minimum Gasteiger partial charge on any atom is -0.497 e. The van der Waals surface area contributed by atoms with E-state index in [4.69, 9.17) is 15.2 Å². The Morgan fingerprint density at radius 2 is 2.13 bits per heavy atom. The Labute approximate surface area is 135 Å². The molecule has 1 saturated heterocycles. The summed E-state index contributed by atoms with van der Waals surface area (Å²) in [5.74, 6) is 0.662. The molecule has 4 N–H and O–H groups in total. The van der Waals surface area contributed by atoms with Gasteiger partial charge in [-0.15, -0.1) is 0 Å². The maximum Gasteiger partial charge on any atom is 0.279 e. The van der Waals surface area contributed by atoms with E-state index in [2.05, 4.69) is 5.32 Å². The number of hydrogen-bond donors (Lipinski definition) is 3. The van der Waals surface area contributed by atoms with Gasteiger partial charge in [-0.3, -0.25) is 9.59 Å². The molecule has 0 aromatic heterocycles. The van der Waals surface area contributed by atoms with Crippen molar-refractivity contribution in [2.45, 2.75) is 12.8 Å². The number of quaternary nitrogens is 1. The molecule has 0 radical (unpaired) electrons. The number of benzene rings is 1. The van der Waals surface area contributed by atoms with Crippen LogP contribution in [0, 0.1) is 5.92 Å². The van der Waals surface area contributed by atoms with Crippen LogP contribution in [-0.2, 0) is 9.59 Å². The Kier molecular flexibility index (Phi) is 5.81. The van der Waals surface area contributed by atoms with E-state index in [1.165, 1.54) is 0 Å². The van der Waals surface area contributed by atoms with Crippen LogP contribution >= 0.6 is 0 Å². The second-order valence-electron chi connectivity index (χ2n) is 5.74. The second-order valence-corrected chi connectivity index (χ2v) is 5.74. The van der Waals surface area contributed by atoms with E-state index in [1.807, 2.05) is 0 Å². The summed E-state index contributed by atoms with van der Waals surface area (Å²) < 4.78 is 10.4. The van der Waals surface area contributed by atoms with Crippen molar-refractivity contribution >= 4 is 17.5 Å². The largest absolute Gasteiger partial charge is 0.497 e. The number of nitrogens with two attached hydrogens (primary N) is 1. The summed E-state index contributed by atoms with van der Waals surface area (Å²) in [5.41, 5.74) is 5.94. The standard InChI is InChI=1S/C16H23N3O4/c1-22-12-5-6-14(23-2)13(8-12)18-15(20)10-19-7-3-4-11(9-19)16(17)21/h5-6,8,11H,3-4,7,9-10H2,1-2H3,(H2,17,21)(H,18,20)/p+1/t11-/m1/s1. The van der Waals surface area contributed by atoms with Crippen molar-refractivity contribution in [1.29, 1.82) is 0 Å². The molecule has 2 amide bonds. The lowest BCUT2D eigenvalue weighted by molar-refractivity contribution is -0.899. The number of methoxy groups -OCH3 is 2. The number of carbonyl (C=O) groups is 2. The van der Waals surface area contributed by atoms with Crippen LogP contribution in [0.25, 0.3) is 0 Å². The lowest BCUT2D eigenvalue weighted by Gasteiger charge is -2.27. The maximum absolute atomic E-state index is 12.3. The average molecular weight is 322 g/mol. The number of carbonyl (C=O) groups excluding carboxylic acids is 2. The summed E-state index contributed by atoms with van der Waals surface area (Å²) in [6.45, 7) is 1.77. The molecule has 23 heavy (non-hydrogen) atoms. The van der Waals surface area contributed by atoms with Gasteiger partial charge in [-0.1, -0.05) is 0 Å². The monoisotopic (exact) mass is 322 g/mol. The summed E-state index contributed by atoms with van der Waals surface area (Å²) in [7, 11) is 3.11. The van der Waals surface area contributed by atoms with Gasteiger partial charge in [-0.05, 0) is 25.0 Å². The van der Waals surface area contributed by atoms with E-state index in [1.54, 1.807) is 32.4 Å². The van der Waals surface area contributed by atoms with Crippen molar-refractivity contribution in [3.8, 4) is 11.5 Å². The van der Waals surface area contributed by atoms with Gasteiger partial charge in [-0.25, -0.2) is 0 Å². The van der Waals surface area contributed by atoms with Crippen LogP contribution in [0.3, 0.4) is 0 Å². The van der Waals surface area contributed by atoms with E-state index in [-0.39, 0.29) is 17.7 Å². The van der Waals surface area contributed by atoms with E-state index >= 15 is 0 Å². The third-order valence-electron chi connectivity index (χ3n) is 4.11. The molecule has 7 nitrogen and oxygen atoms in total. The van der Waals surface area contributed by atoms with Crippen molar-refractivity contribution in [1.82, 2.24) is 0 Å². The number of amides is 2. The Bertz CT molecular complexity index is 576. The molecule has 2 atom stereocenters. The molecule has 0 bridgehead atoms. The first-order valence-electron chi connectivity index (χ1n) is 7.68. The third-order valence-corrected chi connectivity index (χ3v) is 4.11. The lowest BCUT2D eigenvalue weighted by atomic mass is 9.97. The minimum atomic E-state index is -0.280. The normalized spacial score (nSPS) is 20.6. The van der Waals surface area contributed by atoms with Crippen LogP contribution in [0.5, 0.6) is 11.5 Å². The summed E-state index contributed by atoms with van der Waals surface area (Å²) >= 11 is 0. The van der Waals surface area contributed by atoms with Gasteiger partial charge in [-0.2, -0.15) is 0 Å². The number of rotatable bonds is 6. The fraction of sp³-hybridized carbons (Fsp3) is 0.500. The van der Waals surface area contributed by atoms with Gasteiger partial charge in [0.25, 0.3) is 5.91 Å². The number of likely N-dealkylation sites (tertiary alicyclic amines) is 1. The molecular weight excluding hydrogens is 298 g/mol. The Hall–Kier alpha value is -2.28. The van der Waals surface area contributed by atoms with Crippen LogP contribution in [0.1, 0.15) is 12.8 Å². The zero-order valence-electron chi connectivity index (χ0n) is 13.6. The van der Waals surface area contributed by atoms with Gasteiger partial charge >= 0.3 is 0 Å². The molecule has 1 unspecified atom stereocenters. The smallest absolute Gasteiger partial charge is 0.279 e. The van der Waals surface area contributed by atoms with Gasteiger partial charge in [0.15, 0.2) is 6.54 Å². The van der Waals surface area contributed by atoms with Crippen LogP contribution in [0.2, 0.25) is 0 Å². The molecule has 7 heteroatoms. The van der Waals surface area contributed by atoms with Crippen LogP contribution < -0.4 is 25.4 Å². The third kappa shape index (κ3) is 4.59. The molecule has 1 aliphatic heterocycles. The summed E-state index contributed by atoms with van der Waals surface area (Å²) in [5, 5.41) is 2.85. The number of primary amides is 1. The van der Waals surface area contributed by atoms with Crippen LogP contribution in [0.4, 0.5) is 5.69 Å². The highest BCUT2D eigenvalue weighted by atomic mass is 16.5. The molecule has 0 saturated carbocycles. The maximum atomic E-state index is 12.3. The molecule has 1 aromatic carbocycles. The Morgan fingerprint density at radius 1 is 1.35 bits per heavy atom. The number of nitrogens with one attached hydrogen (secondary N) is 2. The molecule has 1 fully saturated rings. The SMILES string of the molecule is COc1ccc(OC)c(NC(=O)C[NH+]2CCC[C@@H](C(N)=O)C2)c1. The highest BCUT2D eigenvalue weighted by Gasteiger charge is 2.28. The van der Waals surface area contributed by atoms with E-state index in [0.717, 1.165) is 24.3 Å². The number of hydrogen-bond acceptors (Lipinski definition) is 4. The van der Waals surface area contributed by atoms with Gasteiger partial charge in [0.05, 0.1) is 38.9 Å². The molecule has 0 spiro atoms. The van der Waals surface area contributed by atoms with Crippen molar-refractivity contribution in [2.24, 2.45) is 11.7 Å². The number of anilines is 1. The fourth-order valence-electron chi connectivity index (χ4n) is 2.89.